The van der Waals surface area contributed by atoms with Crippen LogP contribution in [0.25, 0.3) is 0 Å². The molecule has 32 heavy (non-hydrogen) atoms. The second-order valence-electron chi connectivity index (χ2n) is 10.3. The number of alkyl carbamates (subject to hydrolysis) is 1. The molecule has 1 unspecified atom stereocenters. The number of hydrogen-bond donors (Lipinski definition) is 1. The van der Waals surface area contributed by atoms with Gasteiger partial charge in [0.05, 0.1) is 18.9 Å². The molecule has 0 radical (unpaired) electrons. The number of ether oxygens (including phenoxy) is 2. The molecule has 3 aliphatic rings. The molecule has 3 heterocycles. The van der Waals surface area contributed by atoms with Crippen LogP contribution in [0, 0.1) is 0 Å². The van der Waals surface area contributed by atoms with Crippen molar-refractivity contribution in [2.24, 2.45) is 0 Å². The predicted octanol–water partition coefficient (Wildman–Crippen LogP) is 1.14. The van der Waals surface area contributed by atoms with Gasteiger partial charge in [0.2, 0.25) is 5.91 Å². The van der Waals surface area contributed by atoms with E-state index < -0.39 is 23.3 Å². The molecule has 10 heteroatoms. The molecule has 1 N–H and O–H groups in total. The summed E-state index contributed by atoms with van der Waals surface area (Å²) < 4.78 is 10.9. The van der Waals surface area contributed by atoms with Gasteiger partial charge in [-0.2, -0.15) is 0 Å². The third-order valence-corrected chi connectivity index (χ3v) is 6.23. The minimum absolute atomic E-state index is 0.0594. The normalized spacial score (nSPS) is 21.0. The summed E-state index contributed by atoms with van der Waals surface area (Å²) in [4.78, 5) is 46.3. The van der Waals surface area contributed by atoms with Crippen molar-refractivity contribution in [2.45, 2.75) is 70.7 Å². The molecule has 0 aromatic carbocycles. The van der Waals surface area contributed by atoms with Crippen molar-refractivity contribution in [3.05, 3.63) is 11.9 Å². The van der Waals surface area contributed by atoms with Gasteiger partial charge < -0.3 is 34.4 Å². The fourth-order valence-corrected chi connectivity index (χ4v) is 4.32. The molecule has 0 aromatic heterocycles. The maximum Gasteiger partial charge on any atom is 0.408 e. The molecule has 1 atom stereocenters. The maximum absolute atomic E-state index is 13.4. The number of rotatable bonds is 5. The first-order valence-corrected chi connectivity index (χ1v) is 11.1. The minimum Gasteiger partial charge on any atom is -0.444 e. The van der Waals surface area contributed by atoms with Crippen LogP contribution in [0.3, 0.4) is 0 Å². The first kappa shape index (κ1) is 24.2. The van der Waals surface area contributed by atoms with Gasteiger partial charge in [-0.05, 0) is 47.5 Å². The second kappa shape index (κ2) is 8.80. The predicted molar refractivity (Wildman–Crippen MR) is 118 cm³/mol. The fraction of sp³-hybridized carbons (Fsp3) is 0.773. The SMILES string of the molecule is COC(C)(C)C(NC(=O)OC(C)(C)C)C(=O)N1CCC(N2CN3CN(C)C=C3C2=O)CC1. The Balaban J connectivity index is 1.62. The van der Waals surface area contributed by atoms with E-state index in [1.54, 1.807) is 39.5 Å². The third kappa shape index (κ3) is 5.11. The molecule has 0 spiro atoms. The zero-order valence-corrected chi connectivity index (χ0v) is 20.3. The smallest absolute Gasteiger partial charge is 0.408 e. The molecule has 3 amide bonds. The average molecular weight is 452 g/mol. The first-order chi connectivity index (χ1) is 14.8. The lowest BCUT2D eigenvalue weighted by Gasteiger charge is -2.40. The molecule has 0 bridgehead atoms. The van der Waals surface area contributed by atoms with Crippen LogP contribution < -0.4 is 5.32 Å². The van der Waals surface area contributed by atoms with Crippen LogP contribution in [0.2, 0.25) is 0 Å². The summed E-state index contributed by atoms with van der Waals surface area (Å²) >= 11 is 0. The highest BCUT2D eigenvalue weighted by Gasteiger charge is 2.44. The molecule has 180 valence electrons. The molecule has 0 aromatic rings. The van der Waals surface area contributed by atoms with E-state index in [-0.39, 0.29) is 17.9 Å². The Bertz CT molecular complexity index is 782. The number of nitrogens with zero attached hydrogens (tertiary/aromatic N) is 4. The zero-order valence-electron chi connectivity index (χ0n) is 20.3. The summed E-state index contributed by atoms with van der Waals surface area (Å²) in [6, 6.07) is -0.797. The van der Waals surface area contributed by atoms with Gasteiger partial charge in [0, 0.05) is 39.5 Å². The van der Waals surface area contributed by atoms with Crippen molar-refractivity contribution in [2.75, 3.05) is 40.6 Å². The van der Waals surface area contributed by atoms with Crippen molar-refractivity contribution in [1.82, 2.24) is 24.9 Å². The van der Waals surface area contributed by atoms with Crippen molar-refractivity contribution < 1.29 is 23.9 Å². The Kier molecular flexibility index (Phi) is 6.65. The van der Waals surface area contributed by atoms with Gasteiger partial charge in [0.15, 0.2) is 0 Å². The summed E-state index contributed by atoms with van der Waals surface area (Å²) in [5.41, 5.74) is -0.845. The number of amides is 3. The summed E-state index contributed by atoms with van der Waals surface area (Å²) in [6.07, 6.45) is 2.63. The number of fused-ring (bicyclic) bond motifs is 1. The number of hydrogen-bond acceptors (Lipinski definition) is 7. The molecule has 10 nitrogen and oxygen atoms in total. The lowest BCUT2D eigenvalue weighted by molar-refractivity contribution is -0.143. The van der Waals surface area contributed by atoms with Crippen LogP contribution in [0.4, 0.5) is 4.79 Å². The summed E-state index contributed by atoms with van der Waals surface area (Å²) in [7, 11) is 3.47. The molecule has 3 rings (SSSR count). The standard InChI is InChI=1S/C22H37N5O5/c1-21(2,3)32-20(30)23-17(22(4,5)31-7)19(29)25-10-8-15(9-11-25)27-14-26-13-24(6)12-16(26)18(27)28/h12,15,17H,8-11,13-14H2,1-7H3,(H,23,30). The highest BCUT2D eigenvalue weighted by atomic mass is 16.6. The van der Waals surface area contributed by atoms with E-state index in [0.29, 0.717) is 32.6 Å². The van der Waals surface area contributed by atoms with Crippen LogP contribution in [0.1, 0.15) is 47.5 Å². The molecule has 3 aliphatic heterocycles. The molecule has 0 saturated carbocycles. The van der Waals surface area contributed by atoms with E-state index >= 15 is 0 Å². The molecular weight excluding hydrogens is 414 g/mol. The van der Waals surface area contributed by atoms with Gasteiger partial charge in [-0.1, -0.05) is 0 Å². The van der Waals surface area contributed by atoms with E-state index in [1.807, 2.05) is 23.0 Å². The van der Waals surface area contributed by atoms with Gasteiger partial charge in [0.1, 0.15) is 17.3 Å². The van der Waals surface area contributed by atoms with Gasteiger partial charge in [-0.3, -0.25) is 9.59 Å². The van der Waals surface area contributed by atoms with Crippen molar-refractivity contribution >= 4 is 17.9 Å². The van der Waals surface area contributed by atoms with Crippen molar-refractivity contribution in [1.29, 1.82) is 0 Å². The Hall–Kier alpha value is -2.49. The maximum atomic E-state index is 13.4. The minimum atomic E-state index is -0.918. The second-order valence-corrected chi connectivity index (χ2v) is 10.3. The fourth-order valence-electron chi connectivity index (χ4n) is 4.32. The Morgan fingerprint density at radius 1 is 1.12 bits per heavy atom. The Labute approximate surface area is 190 Å². The Morgan fingerprint density at radius 3 is 2.28 bits per heavy atom. The van der Waals surface area contributed by atoms with Crippen LogP contribution in [-0.2, 0) is 19.1 Å². The first-order valence-electron chi connectivity index (χ1n) is 11.1. The third-order valence-electron chi connectivity index (χ3n) is 6.23. The zero-order chi connectivity index (χ0) is 23.8. The van der Waals surface area contributed by atoms with Gasteiger partial charge in [-0.15, -0.1) is 0 Å². The highest BCUT2D eigenvalue weighted by Crippen LogP contribution is 2.29. The summed E-state index contributed by atoms with van der Waals surface area (Å²) in [5.74, 6) is -0.150. The molecule has 0 aliphatic carbocycles. The average Bonchev–Trinajstić information content (AvgIpc) is 3.21. The number of carbonyl (C=O) groups excluding carboxylic acids is 3. The highest BCUT2D eigenvalue weighted by molar-refractivity contribution is 5.95. The summed E-state index contributed by atoms with van der Waals surface area (Å²) in [5, 5.41) is 2.71. The molecular formula is C22H37N5O5. The quantitative estimate of drug-likeness (QED) is 0.670. The van der Waals surface area contributed by atoms with Gasteiger partial charge >= 0.3 is 6.09 Å². The van der Waals surface area contributed by atoms with Gasteiger partial charge in [-0.25, -0.2) is 4.79 Å². The van der Waals surface area contributed by atoms with E-state index in [0.717, 1.165) is 12.4 Å². The van der Waals surface area contributed by atoms with E-state index in [4.69, 9.17) is 9.47 Å². The lowest BCUT2D eigenvalue weighted by atomic mass is 9.95. The topological polar surface area (TPSA) is 94.7 Å². The van der Waals surface area contributed by atoms with E-state index in [2.05, 4.69) is 10.2 Å². The largest absolute Gasteiger partial charge is 0.444 e. The number of carbonyl (C=O) groups is 3. The van der Waals surface area contributed by atoms with Crippen LogP contribution in [0.15, 0.2) is 11.9 Å². The number of nitrogens with one attached hydrogen (secondary N) is 1. The summed E-state index contributed by atoms with van der Waals surface area (Å²) in [6.45, 7) is 11.2. The molecule has 2 saturated heterocycles. The Morgan fingerprint density at radius 2 is 1.75 bits per heavy atom. The van der Waals surface area contributed by atoms with Crippen LogP contribution in [0.5, 0.6) is 0 Å². The van der Waals surface area contributed by atoms with Crippen molar-refractivity contribution in [3.8, 4) is 0 Å². The monoisotopic (exact) mass is 451 g/mol. The number of piperidine rings is 1. The lowest BCUT2D eigenvalue weighted by Crippen LogP contribution is -2.61. The van der Waals surface area contributed by atoms with Crippen LogP contribution in [-0.4, -0.2) is 101 Å². The van der Waals surface area contributed by atoms with Crippen LogP contribution >= 0.6 is 0 Å². The van der Waals surface area contributed by atoms with Crippen molar-refractivity contribution in [3.63, 3.8) is 0 Å². The molecule has 2 fully saturated rings. The van der Waals surface area contributed by atoms with E-state index in [1.165, 1.54) is 7.11 Å². The number of likely N-dealkylation sites (tertiary alicyclic amines) is 1. The van der Waals surface area contributed by atoms with E-state index in [9.17, 15) is 14.4 Å². The van der Waals surface area contributed by atoms with Gasteiger partial charge in [0.25, 0.3) is 5.91 Å². The number of methoxy groups -OCH3 is 1.